The fraction of sp³-hybridized carbons (Fsp3) is 0.476. The van der Waals surface area contributed by atoms with Crippen molar-refractivity contribution in [3.63, 3.8) is 0 Å². The Hall–Kier alpha value is -2.88. The van der Waals surface area contributed by atoms with Crippen molar-refractivity contribution >= 4 is 11.9 Å². The Kier molecular flexibility index (Phi) is 5.07. The van der Waals surface area contributed by atoms with E-state index in [-0.39, 0.29) is 24.4 Å². The minimum absolute atomic E-state index is 0.0240. The average molecular weight is 437 g/mol. The minimum atomic E-state index is -4.57. The van der Waals surface area contributed by atoms with Crippen LogP contribution in [0.4, 0.5) is 13.2 Å². The molecule has 0 aliphatic carbocycles. The highest BCUT2D eigenvalue weighted by Gasteiger charge is 2.43. The second kappa shape index (κ2) is 7.37. The maximum Gasteiger partial charge on any atom is 0.435 e. The molecule has 1 saturated heterocycles. The molecule has 0 radical (unpaired) electrons. The van der Waals surface area contributed by atoms with Crippen molar-refractivity contribution in [1.29, 1.82) is 0 Å². The summed E-state index contributed by atoms with van der Waals surface area (Å²) in [5.41, 5.74) is 1.10. The normalized spacial score (nSPS) is 20.5. The molecule has 1 aromatic heterocycles. The Balaban J connectivity index is 1.56. The lowest BCUT2D eigenvalue weighted by molar-refractivity contribution is -0.161. The quantitative estimate of drug-likeness (QED) is 0.691. The molecule has 0 spiro atoms. The molecule has 0 saturated carbocycles. The molecule has 2 aromatic rings. The summed E-state index contributed by atoms with van der Waals surface area (Å²) in [4.78, 5) is 26.2. The molecular formula is C21H22F3N3O4. The van der Waals surface area contributed by atoms with Crippen molar-refractivity contribution in [2.75, 3.05) is 6.54 Å². The number of benzene rings is 1. The van der Waals surface area contributed by atoms with E-state index in [4.69, 9.17) is 9.47 Å². The van der Waals surface area contributed by atoms with Crippen LogP contribution >= 0.6 is 0 Å². The smallest absolute Gasteiger partial charge is 0.432 e. The fourth-order valence-electron chi connectivity index (χ4n) is 4.11. The molecule has 1 amide bonds. The third-order valence-corrected chi connectivity index (χ3v) is 5.40. The number of alkyl halides is 3. The van der Waals surface area contributed by atoms with Crippen LogP contribution in [0.2, 0.25) is 0 Å². The predicted molar refractivity (Wildman–Crippen MR) is 102 cm³/mol. The van der Waals surface area contributed by atoms with E-state index >= 15 is 0 Å². The number of ether oxygens (including phenoxy) is 2. The van der Waals surface area contributed by atoms with Gasteiger partial charge in [-0.05, 0) is 23.1 Å². The highest BCUT2D eigenvalue weighted by atomic mass is 19.4. The van der Waals surface area contributed by atoms with Crippen LogP contribution in [0.25, 0.3) is 11.1 Å². The Morgan fingerprint density at radius 3 is 2.68 bits per heavy atom. The van der Waals surface area contributed by atoms with Crippen LogP contribution in [0.3, 0.4) is 0 Å². The molecule has 3 heterocycles. The summed E-state index contributed by atoms with van der Waals surface area (Å²) in [6.45, 7) is 3.77. The van der Waals surface area contributed by atoms with Crippen molar-refractivity contribution in [1.82, 2.24) is 14.7 Å². The molecule has 31 heavy (non-hydrogen) atoms. The van der Waals surface area contributed by atoms with Crippen molar-refractivity contribution in [3.05, 3.63) is 41.2 Å². The van der Waals surface area contributed by atoms with Crippen LogP contribution in [0.1, 0.15) is 37.1 Å². The molecule has 2 aliphatic heterocycles. The van der Waals surface area contributed by atoms with Gasteiger partial charge in [-0.25, -0.2) is 4.79 Å². The summed E-state index contributed by atoms with van der Waals surface area (Å²) >= 11 is 0. The van der Waals surface area contributed by atoms with Crippen molar-refractivity contribution in [2.45, 2.75) is 51.3 Å². The maximum absolute atomic E-state index is 13.4. The Morgan fingerprint density at radius 2 is 2.03 bits per heavy atom. The van der Waals surface area contributed by atoms with E-state index in [0.717, 1.165) is 15.8 Å². The van der Waals surface area contributed by atoms with Crippen LogP contribution in [0.5, 0.6) is 0 Å². The molecule has 1 aromatic carbocycles. The standard InChI is InChI=1S/C21H22F3N3O4/c1-20(2)30-16(19(29)31-20)9-17(28)27-8-7-13-12(10-27)5-4-6-14(13)15-11-26(3)25-18(15)21(22,23)24/h4-6,11,16H,7-10H2,1-3H3/t16-/m1/s1. The number of hydrogen-bond donors (Lipinski definition) is 0. The van der Waals surface area contributed by atoms with Crippen molar-refractivity contribution < 1.29 is 32.2 Å². The summed E-state index contributed by atoms with van der Waals surface area (Å²) in [5, 5.41) is 3.60. The SMILES string of the molecule is Cn1cc(-c2cccc3c2CCN(C(=O)C[C@H]2OC(C)(C)OC2=O)C3)c(C(F)(F)F)n1. The molecule has 0 N–H and O–H groups in total. The number of amides is 1. The van der Waals surface area contributed by atoms with Gasteiger partial charge in [-0.2, -0.15) is 18.3 Å². The van der Waals surface area contributed by atoms with Crippen LogP contribution in [-0.4, -0.2) is 45.0 Å². The Morgan fingerprint density at radius 1 is 1.29 bits per heavy atom. The molecule has 4 rings (SSSR count). The van der Waals surface area contributed by atoms with Gasteiger partial charge in [0.15, 0.2) is 11.8 Å². The minimum Gasteiger partial charge on any atom is -0.432 e. The molecular weight excluding hydrogens is 415 g/mol. The third-order valence-electron chi connectivity index (χ3n) is 5.40. The molecule has 7 nitrogen and oxygen atoms in total. The molecule has 1 atom stereocenters. The van der Waals surface area contributed by atoms with Crippen LogP contribution < -0.4 is 0 Å². The number of rotatable bonds is 3. The number of nitrogens with zero attached hydrogens (tertiary/aromatic N) is 3. The van der Waals surface area contributed by atoms with E-state index in [1.54, 1.807) is 36.9 Å². The number of carbonyl (C=O) groups excluding carboxylic acids is 2. The van der Waals surface area contributed by atoms with Crippen LogP contribution in [0, 0.1) is 0 Å². The Labute approximate surface area is 176 Å². The zero-order valence-electron chi connectivity index (χ0n) is 17.3. The number of aryl methyl sites for hydroxylation is 1. The first kappa shape index (κ1) is 21.4. The average Bonchev–Trinajstić information content (AvgIpc) is 3.19. The van der Waals surface area contributed by atoms with Crippen LogP contribution in [0.15, 0.2) is 24.4 Å². The van der Waals surface area contributed by atoms with Crippen molar-refractivity contribution in [2.24, 2.45) is 7.05 Å². The summed E-state index contributed by atoms with van der Waals surface area (Å²) in [6, 6.07) is 5.12. The number of halogens is 3. The lowest BCUT2D eigenvalue weighted by Gasteiger charge is -2.30. The van der Waals surface area contributed by atoms with E-state index in [1.807, 2.05) is 0 Å². The van der Waals surface area contributed by atoms with Gasteiger partial charge in [-0.1, -0.05) is 18.2 Å². The fourth-order valence-corrected chi connectivity index (χ4v) is 4.11. The van der Waals surface area contributed by atoms with E-state index < -0.39 is 29.7 Å². The zero-order valence-corrected chi connectivity index (χ0v) is 17.3. The first-order valence-electron chi connectivity index (χ1n) is 9.85. The summed E-state index contributed by atoms with van der Waals surface area (Å²) in [7, 11) is 1.45. The summed E-state index contributed by atoms with van der Waals surface area (Å²) in [5.74, 6) is -1.91. The monoisotopic (exact) mass is 437 g/mol. The first-order chi connectivity index (χ1) is 14.4. The lowest BCUT2D eigenvalue weighted by atomic mass is 9.90. The van der Waals surface area contributed by atoms with Gasteiger partial charge in [-0.15, -0.1) is 0 Å². The molecule has 0 bridgehead atoms. The molecule has 1 fully saturated rings. The van der Waals surface area contributed by atoms with E-state index in [2.05, 4.69) is 5.10 Å². The number of esters is 1. The van der Waals surface area contributed by atoms with Gasteiger partial charge in [0.1, 0.15) is 0 Å². The van der Waals surface area contributed by atoms with Crippen molar-refractivity contribution in [3.8, 4) is 11.1 Å². The molecule has 2 aliphatic rings. The number of fused-ring (bicyclic) bond motifs is 1. The van der Waals surface area contributed by atoms with Gasteiger partial charge >= 0.3 is 12.1 Å². The van der Waals surface area contributed by atoms with Gasteiger partial charge < -0.3 is 14.4 Å². The predicted octanol–water partition coefficient (Wildman–Crippen LogP) is 3.06. The maximum atomic E-state index is 13.4. The van der Waals surface area contributed by atoms with Gasteiger partial charge in [0, 0.05) is 45.7 Å². The van der Waals surface area contributed by atoms with E-state index in [9.17, 15) is 22.8 Å². The summed E-state index contributed by atoms with van der Waals surface area (Å²) < 4.78 is 52.1. The first-order valence-corrected chi connectivity index (χ1v) is 9.85. The third kappa shape index (κ3) is 4.16. The topological polar surface area (TPSA) is 73.7 Å². The number of carbonyl (C=O) groups is 2. The zero-order chi connectivity index (χ0) is 22.6. The number of hydrogen-bond acceptors (Lipinski definition) is 5. The highest BCUT2D eigenvalue weighted by Crippen LogP contribution is 2.39. The van der Waals surface area contributed by atoms with E-state index in [0.29, 0.717) is 18.5 Å². The van der Waals surface area contributed by atoms with E-state index in [1.165, 1.54) is 13.2 Å². The number of cyclic esters (lactones) is 1. The molecule has 10 heteroatoms. The largest absolute Gasteiger partial charge is 0.435 e. The Bertz CT molecular complexity index is 1040. The number of aromatic nitrogens is 2. The lowest BCUT2D eigenvalue weighted by Crippen LogP contribution is -2.38. The summed E-state index contributed by atoms with van der Waals surface area (Å²) in [6.07, 6.45) is -3.91. The molecule has 166 valence electrons. The second-order valence-corrected chi connectivity index (χ2v) is 8.20. The van der Waals surface area contributed by atoms with Gasteiger partial charge in [0.2, 0.25) is 11.7 Å². The molecule has 0 unspecified atom stereocenters. The van der Waals surface area contributed by atoms with Gasteiger partial charge in [0.05, 0.1) is 6.42 Å². The van der Waals surface area contributed by atoms with Gasteiger partial charge in [0.25, 0.3) is 0 Å². The second-order valence-electron chi connectivity index (χ2n) is 8.20. The van der Waals surface area contributed by atoms with Gasteiger partial charge in [-0.3, -0.25) is 9.48 Å². The highest BCUT2D eigenvalue weighted by molar-refractivity contribution is 5.86. The van der Waals surface area contributed by atoms with Crippen LogP contribution in [-0.2, 0) is 45.3 Å².